The molecule has 0 spiro atoms. The predicted octanol–water partition coefficient (Wildman–Crippen LogP) is 2.29. The molecule has 1 saturated carbocycles. The number of hydrogen-bond donors (Lipinski definition) is 1. The minimum Gasteiger partial charge on any atom is -0.493 e. The first-order chi connectivity index (χ1) is 10.2. The minimum absolute atomic E-state index is 0.347. The summed E-state index contributed by atoms with van der Waals surface area (Å²) in [6.45, 7) is 5.03. The maximum Gasteiger partial charge on any atom is 0.161 e. The zero-order valence-corrected chi connectivity index (χ0v) is 13.9. The number of nitrogens with one attached hydrogen (secondary N) is 1. The number of rotatable bonds is 9. The first-order valence-electron chi connectivity index (χ1n) is 8.13. The van der Waals surface area contributed by atoms with Gasteiger partial charge in [0, 0.05) is 6.54 Å². The molecule has 1 heterocycles. The molecule has 0 saturated heterocycles. The molecule has 21 heavy (non-hydrogen) atoms. The number of hydrogen-bond acceptors (Lipinski definition) is 4. The summed E-state index contributed by atoms with van der Waals surface area (Å²) < 4.78 is 7.67. The van der Waals surface area contributed by atoms with Gasteiger partial charge >= 0.3 is 0 Å². The zero-order chi connectivity index (χ0) is 15.2. The lowest BCUT2D eigenvalue weighted by atomic mass is 9.80. The fourth-order valence-corrected chi connectivity index (χ4v) is 2.96. The maximum absolute atomic E-state index is 5.56. The predicted molar refractivity (Wildman–Crippen MR) is 85.7 cm³/mol. The summed E-state index contributed by atoms with van der Waals surface area (Å²) in [5.74, 6) is 1.77. The van der Waals surface area contributed by atoms with Crippen LogP contribution in [0.3, 0.4) is 0 Å². The highest BCUT2D eigenvalue weighted by Crippen LogP contribution is 2.37. The van der Waals surface area contributed by atoms with Crippen LogP contribution >= 0.6 is 0 Å². The molecule has 1 aromatic rings. The van der Waals surface area contributed by atoms with Gasteiger partial charge in [0.05, 0.1) is 31.6 Å². The van der Waals surface area contributed by atoms with E-state index in [1.807, 2.05) is 6.20 Å². The third kappa shape index (κ3) is 4.20. The fourth-order valence-electron chi connectivity index (χ4n) is 2.96. The van der Waals surface area contributed by atoms with E-state index in [1.54, 1.807) is 7.11 Å². The lowest BCUT2D eigenvalue weighted by Gasteiger charge is -2.30. The van der Waals surface area contributed by atoms with Gasteiger partial charge < -0.3 is 15.0 Å². The summed E-state index contributed by atoms with van der Waals surface area (Å²) in [4.78, 5) is 2.19. The average molecular weight is 294 g/mol. The van der Waals surface area contributed by atoms with Crippen LogP contribution in [0.2, 0.25) is 0 Å². The third-order valence-corrected chi connectivity index (χ3v) is 4.40. The van der Waals surface area contributed by atoms with Gasteiger partial charge in [0.15, 0.2) is 5.75 Å². The Balaban J connectivity index is 2.16. The van der Waals surface area contributed by atoms with E-state index in [1.165, 1.54) is 31.4 Å². The van der Waals surface area contributed by atoms with E-state index in [0.29, 0.717) is 6.04 Å². The summed E-state index contributed by atoms with van der Waals surface area (Å²) >= 11 is 0. The summed E-state index contributed by atoms with van der Waals surface area (Å²) in [7, 11) is 5.93. The van der Waals surface area contributed by atoms with Crippen LogP contribution in [0.25, 0.3) is 0 Å². The number of likely N-dealkylation sites (N-methyl/N-ethyl adjacent to an activating group) is 1. The zero-order valence-electron chi connectivity index (χ0n) is 13.9. The Labute approximate surface area is 128 Å². The topological polar surface area (TPSA) is 42.3 Å². The Kier molecular flexibility index (Phi) is 6.06. The Morgan fingerprint density at radius 1 is 1.48 bits per heavy atom. The Hall–Kier alpha value is -1.07. The number of ether oxygens (including phenoxy) is 1. The molecule has 1 fully saturated rings. The first kappa shape index (κ1) is 16.3. The van der Waals surface area contributed by atoms with Crippen LogP contribution in [0.1, 0.15) is 44.3 Å². The average Bonchev–Trinajstić information content (AvgIpc) is 2.82. The summed E-state index contributed by atoms with van der Waals surface area (Å²) in [6.07, 6.45) is 7.18. The van der Waals surface area contributed by atoms with Crippen molar-refractivity contribution in [1.82, 2.24) is 20.0 Å². The molecule has 1 N–H and O–H groups in total. The van der Waals surface area contributed by atoms with E-state index >= 15 is 0 Å². The normalized spacial score (nSPS) is 17.0. The SMILES string of the molecule is CCNC(CC1CCC1)c1c(OC)cnn1CCN(C)C. The molecule has 0 bridgehead atoms. The molecule has 1 unspecified atom stereocenters. The summed E-state index contributed by atoms with van der Waals surface area (Å²) in [5.41, 5.74) is 1.22. The quantitative estimate of drug-likeness (QED) is 0.759. The van der Waals surface area contributed by atoms with Crippen molar-refractivity contribution in [2.24, 2.45) is 5.92 Å². The maximum atomic E-state index is 5.56. The number of nitrogens with zero attached hydrogens (tertiary/aromatic N) is 3. The molecule has 1 aliphatic rings. The first-order valence-corrected chi connectivity index (χ1v) is 8.13. The van der Waals surface area contributed by atoms with Gasteiger partial charge in [0.2, 0.25) is 0 Å². The summed E-state index contributed by atoms with van der Waals surface area (Å²) in [6, 6.07) is 0.347. The van der Waals surface area contributed by atoms with E-state index < -0.39 is 0 Å². The highest BCUT2D eigenvalue weighted by molar-refractivity contribution is 5.28. The minimum atomic E-state index is 0.347. The molecule has 120 valence electrons. The van der Waals surface area contributed by atoms with Gasteiger partial charge in [-0.1, -0.05) is 26.2 Å². The molecule has 2 rings (SSSR count). The number of aromatic nitrogens is 2. The van der Waals surface area contributed by atoms with E-state index in [0.717, 1.165) is 31.3 Å². The molecule has 0 radical (unpaired) electrons. The lowest BCUT2D eigenvalue weighted by Crippen LogP contribution is -2.29. The van der Waals surface area contributed by atoms with Crippen LogP contribution in [0.4, 0.5) is 0 Å². The van der Waals surface area contributed by atoms with Crippen molar-refractivity contribution in [3.63, 3.8) is 0 Å². The molecule has 0 aromatic carbocycles. The van der Waals surface area contributed by atoms with E-state index in [2.05, 4.69) is 41.0 Å². The van der Waals surface area contributed by atoms with E-state index in [9.17, 15) is 0 Å². The van der Waals surface area contributed by atoms with Gasteiger partial charge in [-0.2, -0.15) is 5.10 Å². The molecule has 0 amide bonds. The Morgan fingerprint density at radius 2 is 2.24 bits per heavy atom. The monoisotopic (exact) mass is 294 g/mol. The van der Waals surface area contributed by atoms with Crippen LogP contribution in [0.5, 0.6) is 5.75 Å². The van der Waals surface area contributed by atoms with Gasteiger partial charge in [-0.3, -0.25) is 4.68 Å². The van der Waals surface area contributed by atoms with Crippen molar-refractivity contribution in [2.45, 2.75) is 45.2 Å². The van der Waals surface area contributed by atoms with Gasteiger partial charge in [-0.05, 0) is 33.0 Å². The second kappa shape index (κ2) is 7.80. The van der Waals surface area contributed by atoms with Crippen molar-refractivity contribution in [3.8, 4) is 5.75 Å². The van der Waals surface area contributed by atoms with Crippen LogP contribution in [-0.4, -0.2) is 49.0 Å². The Morgan fingerprint density at radius 3 is 2.76 bits per heavy atom. The van der Waals surface area contributed by atoms with Crippen LogP contribution in [0.15, 0.2) is 6.20 Å². The molecule has 1 aliphatic carbocycles. The smallest absolute Gasteiger partial charge is 0.161 e. The van der Waals surface area contributed by atoms with Crippen molar-refractivity contribution in [1.29, 1.82) is 0 Å². The Bertz CT molecular complexity index is 426. The molecule has 1 aromatic heterocycles. The highest BCUT2D eigenvalue weighted by Gasteiger charge is 2.27. The second-order valence-electron chi connectivity index (χ2n) is 6.27. The molecular weight excluding hydrogens is 264 g/mol. The standard InChI is InChI=1S/C16H30N4O/c1-5-17-14(11-13-7-6-8-13)16-15(21-4)12-18-20(16)10-9-19(2)3/h12-14,17H,5-11H2,1-4H3. The van der Waals surface area contributed by atoms with Gasteiger partial charge in [0.25, 0.3) is 0 Å². The molecule has 1 atom stereocenters. The van der Waals surface area contributed by atoms with Gasteiger partial charge in [0.1, 0.15) is 0 Å². The molecule has 5 nitrogen and oxygen atoms in total. The summed E-state index contributed by atoms with van der Waals surface area (Å²) in [5, 5.41) is 8.17. The molecule has 0 aliphatic heterocycles. The third-order valence-electron chi connectivity index (χ3n) is 4.40. The van der Waals surface area contributed by atoms with Crippen LogP contribution in [-0.2, 0) is 6.54 Å². The fraction of sp³-hybridized carbons (Fsp3) is 0.812. The van der Waals surface area contributed by atoms with Crippen molar-refractivity contribution in [3.05, 3.63) is 11.9 Å². The van der Waals surface area contributed by atoms with Crippen molar-refractivity contribution in [2.75, 3.05) is 34.3 Å². The van der Waals surface area contributed by atoms with Gasteiger partial charge in [-0.25, -0.2) is 0 Å². The van der Waals surface area contributed by atoms with Crippen molar-refractivity contribution >= 4 is 0 Å². The molecule has 5 heteroatoms. The molecular formula is C16H30N4O. The highest BCUT2D eigenvalue weighted by atomic mass is 16.5. The van der Waals surface area contributed by atoms with Crippen LogP contribution in [0, 0.1) is 5.92 Å². The second-order valence-corrected chi connectivity index (χ2v) is 6.27. The largest absolute Gasteiger partial charge is 0.493 e. The van der Waals surface area contributed by atoms with Gasteiger partial charge in [-0.15, -0.1) is 0 Å². The van der Waals surface area contributed by atoms with E-state index in [-0.39, 0.29) is 0 Å². The van der Waals surface area contributed by atoms with Crippen molar-refractivity contribution < 1.29 is 4.74 Å². The number of methoxy groups -OCH3 is 1. The lowest BCUT2D eigenvalue weighted by molar-refractivity contribution is 0.252. The van der Waals surface area contributed by atoms with Crippen LogP contribution < -0.4 is 10.1 Å². The van der Waals surface area contributed by atoms with E-state index in [4.69, 9.17) is 4.74 Å².